The molecule has 0 bridgehead atoms. The number of nitrogens with one attached hydrogen (secondary N) is 1. The lowest BCUT2D eigenvalue weighted by Crippen LogP contribution is -2.42. The van der Waals surface area contributed by atoms with E-state index in [2.05, 4.69) is 33.0 Å². The zero-order valence-electron chi connectivity index (χ0n) is 10.8. The molecule has 1 heterocycles. The highest BCUT2D eigenvalue weighted by atomic mass is 16.5. The van der Waals surface area contributed by atoms with Gasteiger partial charge in [0.05, 0.1) is 6.61 Å². The lowest BCUT2D eigenvalue weighted by molar-refractivity contribution is 0.0659. The summed E-state index contributed by atoms with van der Waals surface area (Å²) in [6.07, 6.45) is 3.77. The Balaban J connectivity index is 2.21. The first-order valence-corrected chi connectivity index (χ1v) is 6.31. The predicted molar refractivity (Wildman–Crippen MR) is 65.1 cm³/mol. The zero-order chi connectivity index (χ0) is 11.3. The Hall–Kier alpha value is -0.0800. The Bertz CT molecular complexity index is 171. The first-order chi connectivity index (χ1) is 6.99. The highest BCUT2D eigenvalue weighted by molar-refractivity contribution is 4.77. The molecule has 0 radical (unpaired) electrons. The van der Waals surface area contributed by atoms with E-state index < -0.39 is 0 Å². The van der Waals surface area contributed by atoms with Gasteiger partial charge >= 0.3 is 0 Å². The summed E-state index contributed by atoms with van der Waals surface area (Å²) in [7, 11) is 0. The molecule has 1 saturated heterocycles. The number of ether oxygens (including phenoxy) is 1. The van der Waals surface area contributed by atoms with Crippen molar-refractivity contribution in [2.75, 3.05) is 19.8 Å². The van der Waals surface area contributed by atoms with Gasteiger partial charge in [0.1, 0.15) is 0 Å². The molecule has 0 amide bonds. The van der Waals surface area contributed by atoms with E-state index in [0.717, 1.165) is 25.7 Å². The summed E-state index contributed by atoms with van der Waals surface area (Å²) in [5.41, 5.74) is 0.408. The van der Waals surface area contributed by atoms with E-state index in [4.69, 9.17) is 4.74 Å². The summed E-state index contributed by atoms with van der Waals surface area (Å²) in [6.45, 7) is 12.3. The summed E-state index contributed by atoms with van der Waals surface area (Å²) in [5, 5.41) is 3.64. The van der Waals surface area contributed by atoms with Crippen molar-refractivity contribution in [3.8, 4) is 0 Å². The molecule has 1 aliphatic rings. The molecule has 15 heavy (non-hydrogen) atoms. The van der Waals surface area contributed by atoms with Crippen LogP contribution in [-0.4, -0.2) is 25.8 Å². The molecule has 1 unspecified atom stereocenters. The van der Waals surface area contributed by atoms with Crippen molar-refractivity contribution >= 4 is 0 Å². The summed E-state index contributed by atoms with van der Waals surface area (Å²) < 4.78 is 5.47. The third-order valence-corrected chi connectivity index (χ3v) is 2.99. The van der Waals surface area contributed by atoms with E-state index in [-0.39, 0.29) is 0 Å². The van der Waals surface area contributed by atoms with Crippen molar-refractivity contribution in [3.05, 3.63) is 0 Å². The molecule has 0 aromatic rings. The van der Waals surface area contributed by atoms with Crippen LogP contribution in [0.1, 0.15) is 47.0 Å². The van der Waals surface area contributed by atoms with Gasteiger partial charge in [-0.15, -0.1) is 0 Å². The SMILES string of the molecule is CC(C)CC(C)(C)CNC1CCCOC1. The van der Waals surface area contributed by atoms with Gasteiger partial charge in [0.25, 0.3) is 0 Å². The smallest absolute Gasteiger partial charge is 0.0619 e. The van der Waals surface area contributed by atoms with Crippen LogP contribution < -0.4 is 5.32 Å². The van der Waals surface area contributed by atoms with Gasteiger partial charge in [-0.25, -0.2) is 0 Å². The van der Waals surface area contributed by atoms with E-state index in [1.54, 1.807) is 0 Å². The van der Waals surface area contributed by atoms with Crippen LogP contribution in [0.5, 0.6) is 0 Å². The molecule has 1 atom stereocenters. The maximum atomic E-state index is 5.47. The van der Waals surface area contributed by atoms with E-state index in [0.29, 0.717) is 11.5 Å². The predicted octanol–water partition coefficient (Wildman–Crippen LogP) is 2.83. The van der Waals surface area contributed by atoms with Gasteiger partial charge < -0.3 is 10.1 Å². The van der Waals surface area contributed by atoms with Crippen LogP contribution in [0.25, 0.3) is 0 Å². The molecular weight excluding hydrogens is 186 g/mol. The lowest BCUT2D eigenvalue weighted by atomic mass is 9.83. The van der Waals surface area contributed by atoms with E-state index >= 15 is 0 Å². The van der Waals surface area contributed by atoms with Gasteiger partial charge in [-0.1, -0.05) is 27.7 Å². The van der Waals surface area contributed by atoms with Crippen molar-refractivity contribution in [1.29, 1.82) is 0 Å². The van der Waals surface area contributed by atoms with Gasteiger partial charge in [0, 0.05) is 19.2 Å². The van der Waals surface area contributed by atoms with Gasteiger partial charge in [-0.3, -0.25) is 0 Å². The number of rotatable bonds is 5. The van der Waals surface area contributed by atoms with Crippen LogP contribution in [0.4, 0.5) is 0 Å². The van der Waals surface area contributed by atoms with Crippen LogP contribution in [-0.2, 0) is 4.74 Å². The quantitative estimate of drug-likeness (QED) is 0.758. The second-order valence-corrected chi connectivity index (χ2v) is 6.06. The molecule has 1 N–H and O–H groups in total. The third-order valence-electron chi connectivity index (χ3n) is 2.99. The van der Waals surface area contributed by atoms with E-state index in [1.807, 2.05) is 0 Å². The molecule has 1 aliphatic heterocycles. The second kappa shape index (κ2) is 5.86. The largest absolute Gasteiger partial charge is 0.380 e. The zero-order valence-corrected chi connectivity index (χ0v) is 10.8. The molecule has 0 aliphatic carbocycles. The Morgan fingerprint density at radius 2 is 2.13 bits per heavy atom. The molecule has 0 aromatic carbocycles. The summed E-state index contributed by atoms with van der Waals surface area (Å²) >= 11 is 0. The highest BCUT2D eigenvalue weighted by Crippen LogP contribution is 2.24. The Morgan fingerprint density at radius 3 is 2.67 bits per heavy atom. The minimum absolute atomic E-state index is 0.408. The normalized spacial score (nSPS) is 23.4. The minimum atomic E-state index is 0.408. The molecule has 90 valence electrons. The van der Waals surface area contributed by atoms with Crippen LogP contribution in [0.15, 0.2) is 0 Å². The molecule has 0 aromatic heterocycles. The fourth-order valence-electron chi connectivity index (χ4n) is 2.50. The number of hydrogen-bond acceptors (Lipinski definition) is 2. The van der Waals surface area contributed by atoms with Gasteiger partial charge in [0.2, 0.25) is 0 Å². The summed E-state index contributed by atoms with van der Waals surface area (Å²) in [6, 6.07) is 0.588. The topological polar surface area (TPSA) is 21.3 Å². The average molecular weight is 213 g/mol. The molecule has 1 fully saturated rings. The van der Waals surface area contributed by atoms with Crippen molar-refractivity contribution in [2.24, 2.45) is 11.3 Å². The van der Waals surface area contributed by atoms with Crippen molar-refractivity contribution < 1.29 is 4.74 Å². The monoisotopic (exact) mass is 213 g/mol. The van der Waals surface area contributed by atoms with Crippen LogP contribution in [0.2, 0.25) is 0 Å². The Kier molecular flexibility index (Phi) is 5.07. The van der Waals surface area contributed by atoms with Crippen LogP contribution in [0, 0.1) is 11.3 Å². The lowest BCUT2D eigenvalue weighted by Gasteiger charge is -2.31. The standard InChI is InChI=1S/C13H27NO/c1-11(2)8-13(3,4)10-14-12-6-5-7-15-9-12/h11-12,14H,5-10H2,1-4H3. The fourth-order valence-corrected chi connectivity index (χ4v) is 2.50. The Labute approximate surface area is 94.8 Å². The highest BCUT2D eigenvalue weighted by Gasteiger charge is 2.21. The molecule has 1 rings (SSSR count). The van der Waals surface area contributed by atoms with Crippen LogP contribution >= 0.6 is 0 Å². The van der Waals surface area contributed by atoms with Gasteiger partial charge in [-0.2, -0.15) is 0 Å². The van der Waals surface area contributed by atoms with Crippen molar-refractivity contribution in [2.45, 2.75) is 53.0 Å². The summed E-state index contributed by atoms with van der Waals surface area (Å²) in [4.78, 5) is 0. The van der Waals surface area contributed by atoms with Crippen molar-refractivity contribution in [1.82, 2.24) is 5.32 Å². The number of hydrogen-bond donors (Lipinski definition) is 1. The summed E-state index contributed by atoms with van der Waals surface area (Å²) in [5.74, 6) is 0.782. The van der Waals surface area contributed by atoms with Crippen molar-refractivity contribution in [3.63, 3.8) is 0 Å². The Morgan fingerprint density at radius 1 is 1.40 bits per heavy atom. The van der Waals surface area contributed by atoms with Crippen LogP contribution in [0.3, 0.4) is 0 Å². The first kappa shape index (κ1) is 13.0. The first-order valence-electron chi connectivity index (χ1n) is 6.31. The molecule has 0 saturated carbocycles. The molecule has 0 spiro atoms. The fraction of sp³-hybridized carbons (Fsp3) is 1.00. The molecular formula is C13H27NO. The van der Waals surface area contributed by atoms with E-state index in [1.165, 1.54) is 19.3 Å². The second-order valence-electron chi connectivity index (χ2n) is 6.06. The van der Waals surface area contributed by atoms with Gasteiger partial charge in [-0.05, 0) is 30.6 Å². The third kappa shape index (κ3) is 5.53. The van der Waals surface area contributed by atoms with Gasteiger partial charge in [0.15, 0.2) is 0 Å². The minimum Gasteiger partial charge on any atom is -0.380 e. The molecule has 2 nitrogen and oxygen atoms in total. The maximum Gasteiger partial charge on any atom is 0.0619 e. The van der Waals surface area contributed by atoms with E-state index in [9.17, 15) is 0 Å². The average Bonchev–Trinajstić information content (AvgIpc) is 2.15. The molecule has 2 heteroatoms. The maximum absolute atomic E-state index is 5.47.